The Labute approximate surface area is 178 Å². The van der Waals surface area contributed by atoms with Crippen molar-refractivity contribution in [3.63, 3.8) is 0 Å². The van der Waals surface area contributed by atoms with E-state index in [0.29, 0.717) is 17.2 Å². The smallest absolute Gasteiger partial charge is 0.376 e. The first-order valence-electron chi connectivity index (χ1n) is 9.17. The van der Waals surface area contributed by atoms with Crippen molar-refractivity contribution >= 4 is 17.5 Å². The Hall–Kier alpha value is -4.34. The number of aliphatic carboxylic acids is 1. The summed E-state index contributed by atoms with van der Waals surface area (Å²) in [5, 5.41) is 18.9. The third kappa shape index (κ3) is 5.04. The number of hydrogen-bond acceptors (Lipinski definition) is 5. The summed E-state index contributed by atoms with van der Waals surface area (Å²) < 4.78 is 28.2. The lowest BCUT2D eigenvalue weighted by Crippen LogP contribution is -2.41. The molecule has 2 aromatic carbocycles. The Bertz CT molecular complexity index is 1320. The molecule has 0 aliphatic heterocycles. The lowest BCUT2D eigenvalue weighted by Gasteiger charge is -2.13. The number of aliphatic hydroxyl groups excluding tert-OH is 1. The zero-order valence-corrected chi connectivity index (χ0v) is 16.4. The molecule has 0 aliphatic carbocycles. The second-order valence-electron chi connectivity index (χ2n) is 6.80. The van der Waals surface area contributed by atoms with Crippen LogP contribution >= 0.6 is 0 Å². The van der Waals surface area contributed by atoms with E-state index in [9.17, 15) is 33.1 Å². The van der Waals surface area contributed by atoms with Gasteiger partial charge in [0.15, 0.2) is 0 Å². The van der Waals surface area contributed by atoms with E-state index in [1.165, 1.54) is 36.4 Å². The number of aliphatic hydroxyl groups is 1. The summed E-state index contributed by atoms with van der Waals surface area (Å²) >= 11 is 0. The Morgan fingerprint density at radius 1 is 0.844 bits per heavy atom. The van der Waals surface area contributed by atoms with Gasteiger partial charge in [-0.3, -0.25) is 18.7 Å². The van der Waals surface area contributed by atoms with Crippen LogP contribution in [0.2, 0.25) is 0 Å². The summed E-state index contributed by atoms with van der Waals surface area (Å²) in [6.07, 6.45) is 1.34. The van der Waals surface area contributed by atoms with E-state index in [4.69, 9.17) is 5.11 Å². The highest BCUT2D eigenvalue weighted by molar-refractivity contribution is 6.38. The number of ketones is 1. The molecule has 0 atom stereocenters. The Kier molecular flexibility index (Phi) is 6.43. The highest BCUT2D eigenvalue weighted by Crippen LogP contribution is 2.10. The molecule has 0 fully saturated rings. The van der Waals surface area contributed by atoms with Gasteiger partial charge in [0.1, 0.15) is 17.4 Å². The van der Waals surface area contributed by atoms with Crippen LogP contribution in [-0.4, -0.2) is 31.1 Å². The third-order valence-corrected chi connectivity index (χ3v) is 4.51. The Balaban J connectivity index is 2.15. The van der Waals surface area contributed by atoms with Crippen LogP contribution in [-0.2, 0) is 22.7 Å². The Morgan fingerprint density at radius 3 is 1.84 bits per heavy atom. The molecule has 1 heterocycles. The number of hydrogen-bond donors (Lipinski definition) is 2. The number of carbonyl (C=O) groups excluding carboxylic acids is 1. The normalized spacial score (nSPS) is 11.4. The van der Waals surface area contributed by atoms with Crippen molar-refractivity contribution in [3.8, 4) is 0 Å². The van der Waals surface area contributed by atoms with Crippen molar-refractivity contribution in [2.75, 3.05) is 0 Å². The first-order chi connectivity index (χ1) is 15.2. The summed E-state index contributed by atoms with van der Waals surface area (Å²) in [5.74, 6) is -5.26. The van der Waals surface area contributed by atoms with Crippen molar-refractivity contribution in [2.45, 2.75) is 13.1 Å². The number of benzene rings is 2. The number of carbonyl (C=O) groups is 2. The fraction of sp³-hybridized carbons (Fsp3) is 0.0909. The van der Waals surface area contributed by atoms with Crippen LogP contribution in [0, 0.1) is 11.6 Å². The largest absolute Gasteiger partial charge is 0.507 e. The van der Waals surface area contributed by atoms with Gasteiger partial charge in [0.2, 0.25) is 0 Å². The van der Waals surface area contributed by atoms with Gasteiger partial charge in [-0.1, -0.05) is 24.3 Å². The number of carboxylic acids is 1. The summed E-state index contributed by atoms with van der Waals surface area (Å²) in [7, 11) is 0. The minimum Gasteiger partial charge on any atom is -0.507 e. The van der Waals surface area contributed by atoms with Gasteiger partial charge in [-0.2, -0.15) is 0 Å². The van der Waals surface area contributed by atoms with Crippen molar-refractivity contribution in [1.29, 1.82) is 0 Å². The fourth-order valence-corrected chi connectivity index (χ4v) is 2.90. The van der Waals surface area contributed by atoms with Crippen molar-refractivity contribution in [2.24, 2.45) is 0 Å². The molecule has 0 saturated heterocycles. The standard InChI is InChI=1S/C22H16F2N2O6/c23-15-5-1-13(2-6-15)10-25-12-17(18(27)9-19(28)21(30)31)20(29)26(22(25)32)11-14-3-7-16(24)8-4-14/h1-9,12,27H,10-11H2,(H,30,31)/b18-9-. The molecule has 8 nitrogen and oxygen atoms in total. The molecule has 2 N–H and O–H groups in total. The van der Waals surface area contributed by atoms with E-state index >= 15 is 0 Å². The molecule has 164 valence electrons. The second kappa shape index (κ2) is 9.21. The molecule has 10 heteroatoms. The SMILES string of the molecule is O=C(O)C(=O)/C=C(\O)c1cn(Cc2ccc(F)cc2)c(=O)n(Cc2ccc(F)cc2)c1=O. The zero-order chi connectivity index (χ0) is 23.4. The molecule has 0 spiro atoms. The van der Waals surface area contributed by atoms with Crippen LogP contribution in [0.25, 0.3) is 5.76 Å². The molecule has 0 unspecified atom stereocenters. The molecule has 3 rings (SSSR count). The summed E-state index contributed by atoms with van der Waals surface area (Å²) in [5.41, 5.74) is -1.37. The maximum absolute atomic E-state index is 13.2. The quantitative estimate of drug-likeness (QED) is 0.328. The molecule has 0 amide bonds. The van der Waals surface area contributed by atoms with Crippen LogP contribution < -0.4 is 11.2 Å². The molecule has 0 aliphatic rings. The van der Waals surface area contributed by atoms with E-state index in [0.717, 1.165) is 27.5 Å². The van der Waals surface area contributed by atoms with Gasteiger partial charge in [0.05, 0.1) is 18.7 Å². The van der Waals surface area contributed by atoms with Crippen LogP contribution in [0.15, 0.2) is 70.4 Å². The average Bonchev–Trinajstić information content (AvgIpc) is 2.75. The lowest BCUT2D eigenvalue weighted by molar-refractivity contribution is -0.146. The molecular weight excluding hydrogens is 426 g/mol. The highest BCUT2D eigenvalue weighted by Gasteiger charge is 2.18. The molecule has 0 bridgehead atoms. The Morgan fingerprint density at radius 2 is 1.34 bits per heavy atom. The van der Waals surface area contributed by atoms with Crippen LogP contribution in [0.5, 0.6) is 0 Å². The third-order valence-electron chi connectivity index (χ3n) is 4.51. The van der Waals surface area contributed by atoms with Gasteiger partial charge >= 0.3 is 11.7 Å². The predicted octanol–water partition coefficient (Wildman–Crippen LogP) is 1.94. The average molecular weight is 442 g/mol. The minimum absolute atomic E-state index is 0.115. The van der Waals surface area contributed by atoms with Crippen LogP contribution in [0.1, 0.15) is 16.7 Å². The molecule has 0 radical (unpaired) electrons. The second-order valence-corrected chi connectivity index (χ2v) is 6.80. The molecule has 1 aromatic heterocycles. The minimum atomic E-state index is -1.84. The molecule has 0 saturated carbocycles. The number of rotatable bonds is 7. The summed E-state index contributed by atoms with van der Waals surface area (Å²) in [4.78, 5) is 48.0. The van der Waals surface area contributed by atoms with E-state index in [1.807, 2.05) is 0 Å². The molecular formula is C22H16F2N2O6. The maximum atomic E-state index is 13.2. The topological polar surface area (TPSA) is 119 Å². The van der Waals surface area contributed by atoms with E-state index in [2.05, 4.69) is 0 Å². The number of nitrogens with zero attached hydrogens (tertiary/aromatic N) is 2. The van der Waals surface area contributed by atoms with Gasteiger partial charge in [0.25, 0.3) is 11.3 Å². The highest BCUT2D eigenvalue weighted by atomic mass is 19.1. The van der Waals surface area contributed by atoms with Crippen molar-refractivity contribution in [1.82, 2.24) is 9.13 Å². The summed E-state index contributed by atoms with van der Waals surface area (Å²) in [6, 6.07) is 10.2. The van der Waals surface area contributed by atoms with Gasteiger partial charge < -0.3 is 10.2 Å². The van der Waals surface area contributed by atoms with Gasteiger partial charge in [-0.05, 0) is 35.4 Å². The van der Waals surface area contributed by atoms with Crippen molar-refractivity contribution < 1.29 is 28.6 Å². The zero-order valence-electron chi connectivity index (χ0n) is 16.4. The number of carboxylic acid groups (broad SMARTS) is 1. The van der Waals surface area contributed by atoms with E-state index in [-0.39, 0.29) is 13.1 Å². The van der Waals surface area contributed by atoms with Gasteiger partial charge in [-0.15, -0.1) is 0 Å². The number of aromatic nitrogens is 2. The first kappa shape index (κ1) is 22.3. The van der Waals surface area contributed by atoms with Crippen LogP contribution in [0.4, 0.5) is 8.78 Å². The van der Waals surface area contributed by atoms with Crippen LogP contribution in [0.3, 0.4) is 0 Å². The maximum Gasteiger partial charge on any atom is 0.376 e. The first-order valence-corrected chi connectivity index (χ1v) is 9.17. The molecule has 32 heavy (non-hydrogen) atoms. The lowest BCUT2D eigenvalue weighted by atomic mass is 10.2. The van der Waals surface area contributed by atoms with Gasteiger partial charge in [0, 0.05) is 12.3 Å². The predicted molar refractivity (Wildman–Crippen MR) is 109 cm³/mol. The van der Waals surface area contributed by atoms with Crippen molar-refractivity contribution in [3.05, 3.63) is 110 Å². The fourth-order valence-electron chi connectivity index (χ4n) is 2.90. The van der Waals surface area contributed by atoms with E-state index in [1.54, 1.807) is 0 Å². The van der Waals surface area contributed by atoms with Gasteiger partial charge in [-0.25, -0.2) is 18.4 Å². The summed E-state index contributed by atoms with van der Waals surface area (Å²) in [6.45, 7) is -0.397. The monoisotopic (exact) mass is 442 g/mol. The van der Waals surface area contributed by atoms with E-state index < -0.39 is 46.0 Å². The molecule has 3 aromatic rings. The number of halogens is 2.